The molecule has 0 fully saturated rings. The van der Waals surface area contributed by atoms with E-state index in [2.05, 4.69) is 16.7 Å². The molecule has 0 spiro atoms. The van der Waals surface area contributed by atoms with Crippen LogP contribution >= 0.6 is 0 Å². The van der Waals surface area contributed by atoms with Gasteiger partial charge in [-0.05, 0) is 47.9 Å². The van der Waals surface area contributed by atoms with Crippen molar-refractivity contribution in [2.45, 2.75) is 19.5 Å². The second-order valence-electron chi connectivity index (χ2n) is 7.69. The Bertz CT molecular complexity index is 1240. The highest BCUT2D eigenvalue weighted by Gasteiger charge is 2.28. The van der Waals surface area contributed by atoms with Gasteiger partial charge in [-0.2, -0.15) is 0 Å². The van der Waals surface area contributed by atoms with E-state index in [1.54, 1.807) is 36.4 Å². The van der Waals surface area contributed by atoms with Gasteiger partial charge >= 0.3 is 0 Å². The minimum Gasteiger partial charge on any atom is -0.508 e. The van der Waals surface area contributed by atoms with Crippen LogP contribution in [0.25, 0.3) is 10.9 Å². The van der Waals surface area contributed by atoms with Crippen molar-refractivity contribution in [2.24, 2.45) is 0 Å². The fourth-order valence-electron chi connectivity index (χ4n) is 4.36. The number of aromatic nitrogens is 1. The van der Waals surface area contributed by atoms with Crippen molar-refractivity contribution >= 4 is 16.8 Å². The molecule has 5 rings (SSSR count). The van der Waals surface area contributed by atoms with Crippen LogP contribution in [-0.2, 0) is 19.5 Å². The van der Waals surface area contributed by atoms with Crippen LogP contribution < -0.4 is 0 Å². The predicted molar refractivity (Wildman–Crippen MR) is 116 cm³/mol. The fraction of sp³-hybridized carbons (Fsp3) is 0.160. The van der Waals surface area contributed by atoms with Crippen molar-refractivity contribution in [3.05, 3.63) is 95.2 Å². The Morgan fingerprint density at radius 2 is 1.63 bits per heavy atom. The number of hydrogen-bond donors (Lipinski definition) is 2. The van der Waals surface area contributed by atoms with Crippen LogP contribution in [0, 0.1) is 0 Å². The van der Waals surface area contributed by atoms with Crippen LogP contribution in [0.5, 0.6) is 11.5 Å². The first-order valence-electron chi connectivity index (χ1n) is 10.1. The zero-order chi connectivity index (χ0) is 20.7. The van der Waals surface area contributed by atoms with Crippen molar-refractivity contribution in [2.75, 3.05) is 6.54 Å². The number of nitrogens with zero attached hydrogens (tertiary/aromatic N) is 2. The van der Waals surface area contributed by atoms with Gasteiger partial charge in [0.15, 0.2) is 0 Å². The number of fused-ring (bicyclic) bond motifs is 3. The highest BCUT2D eigenvalue weighted by Crippen LogP contribution is 2.32. The molecule has 1 aliphatic rings. The van der Waals surface area contributed by atoms with Crippen molar-refractivity contribution in [1.29, 1.82) is 0 Å². The lowest BCUT2D eigenvalue weighted by Gasteiger charge is -2.29. The van der Waals surface area contributed by atoms with Gasteiger partial charge in [0.2, 0.25) is 0 Å². The Labute approximate surface area is 174 Å². The average Bonchev–Trinajstić information content (AvgIpc) is 3.08. The van der Waals surface area contributed by atoms with E-state index >= 15 is 0 Å². The van der Waals surface area contributed by atoms with Crippen LogP contribution in [0.1, 0.15) is 27.2 Å². The quantitative estimate of drug-likeness (QED) is 0.541. The molecule has 30 heavy (non-hydrogen) atoms. The van der Waals surface area contributed by atoms with E-state index < -0.39 is 0 Å². The highest BCUT2D eigenvalue weighted by molar-refractivity contribution is 5.97. The molecule has 0 unspecified atom stereocenters. The third kappa shape index (κ3) is 3.08. The van der Waals surface area contributed by atoms with Gasteiger partial charge < -0.3 is 19.7 Å². The van der Waals surface area contributed by atoms with E-state index in [-0.39, 0.29) is 17.4 Å². The second kappa shape index (κ2) is 7.26. The first kappa shape index (κ1) is 18.3. The van der Waals surface area contributed by atoms with E-state index in [0.29, 0.717) is 25.2 Å². The Kier molecular flexibility index (Phi) is 4.43. The number of phenols is 2. The molecule has 0 radical (unpaired) electrons. The summed E-state index contributed by atoms with van der Waals surface area (Å²) in [6.07, 6.45) is 0.776. The zero-order valence-corrected chi connectivity index (χ0v) is 16.5. The van der Waals surface area contributed by atoms with E-state index in [9.17, 15) is 15.0 Å². The molecule has 0 saturated carbocycles. The standard InChI is InChI=1S/C25H22N2O3/c28-18-11-9-17(10-12-18)15-27-22-7-3-1-5-19(22)20-13-14-26(16-23(20)27)25(30)21-6-2-4-8-24(21)29/h1-12,28-29H,13-16H2. The fourth-order valence-corrected chi connectivity index (χ4v) is 4.36. The molecule has 4 aromatic rings. The van der Waals surface area contributed by atoms with Crippen LogP contribution in [0.4, 0.5) is 0 Å². The molecule has 3 aromatic carbocycles. The third-order valence-electron chi connectivity index (χ3n) is 5.87. The molecule has 0 atom stereocenters. The van der Waals surface area contributed by atoms with Gasteiger partial charge in [-0.15, -0.1) is 0 Å². The maximum Gasteiger partial charge on any atom is 0.257 e. The average molecular weight is 398 g/mol. The Hall–Kier alpha value is -3.73. The van der Waals surface area contributed by atoms with Crippen molar-refractivity contribution < 1.29 is 15.0 Å². The smallest absolute Gasteiger partial charge is 0.257 e. The lowest BCUT2D eigenvalue weighted by atomic mass is 10.0. The molecule has 0 saturated heterocycles. The number of rotatable bonds is 3. The lowest BCUT2D eigenvalue weighted by Crippen LogP contribution is -2.36. The molecule has 0 bridgehead atoms. The molecule has 5 nitrogen and oxygen atoms in total. The van der Waals surface area contributed by atoms with Gasteiger partial charge in [-0.1, -0.05) is 42.5 Å². The predicted octanol–water partition coefficient (Wildman–Crippen LogP) is 4.30. The van der Waals surface area contributed by atoms with Crippen LogP contribution in [0.15, 0.2) is 72.8 Å². The third-order valence-corrected chi connectivity index (χ3v) is 5.87. The minimum atomic E-state index is -0.153. The zero-order valence-electron chi connectivity index (χ0n) is 16.5. The Balaban J connectivity index is 1.55. The van der Waals surface area contributed by atoms with E-state index in [4.69, 9.17) is 0 Å². The van der Waals surface area contributed by atoms with Gasteiger partial charge in [0.1, 0.15) is 11.5 Å². The summed E-state index contributed by atoms with van der Waals surface area (Å²) >= 11 is 0. The summed E-state index contributed by atoms with van der Waals surface area (Å²) in [5.74, 6) is 0.107. The van der Waals surface area contributed by atoms with E-state index in [1.165, 1.54) is 10.9 Å². The number of carbonyl (C=O) groups excluding carboxylic acids is 1. The van der Waals surface area contributed by atoms with Gasteiger partial charge in [0, 0.05) is 29.7 Å². The summed E-state index contributed by atoms with van der Waals surface area (Å²) in [5.41, 5.74) is 4.97. The first-order chi connectivity index (χ1) is 14.6. The Morgan fingerprint density at radius 1 is 0.900 bits per heavy atom. The molecule has 5 heteroatoms. The molecule has 1 aromatic heterocycles. The molecule has 1 amide bonds. The maximum absolute atomic E-state index is 13.1. The summed E-state index contributed by atoms with van der Waals surface area (Å²) in [7, 11) is 0. The lowest BCUT2D eigenvalue weighted by molar-refractivity contribution is 0.0727. The van der Waals surface area contributed by atoms with E-state index in [1.807, 2.05) is 29.2 Å². The van der Waals surface area contributed by atoms with Gasteiger partial charge in [0.25, 0.3) is 5.91 Å². The van der Waals surface area contributed by atoms with Crippen molar-refractivity contribution in [3.8, 4) is 11.5 Å². The monoisotopic (exact) mass is 398 g/mol. The second-order valence-corrected chi connectivity index (χ2v) is 7.69. The number of hydrogen-bond acceptors (Lipinski definition) is 3. The van der Waals surface area contributed by atoms with Gasteiger partial charge in [-0.3, -0.25) is 4.79 Å². The number of para-hydroxylation sites is 2. The summed E-state index contributed by atoms with van der Waals surface area (Å²) in [6.45, 7) is 1.78. The Morgan fingerprint density at radius 3 is 2.43 bits per heavy atom. The van der Waals surface area contributed by atoms with Crippen molar-refractivity contribution in [1.82, 2.24) is 9.47 Å². The molecule has 0 aliphatic carbocycles. The molecule has 2 N–H and O–H groups in total. The van der Waals surface area contributed by atoms with Crippen LogP contribution in [-0.4, -0.2) is 32.1 Å². The topological polar surface area (TPSA) is 65.7 Å². The number of aromatic hydroxyl groups is 2. The van der Waals surface area contributed by atoms with Gasteiger partial charge in [-0.25, -0.2) is 0 Å². The molecular weight excluding hydrogens is 376 g/mol. The molecule has 150 valence electrons. The minimum absolute atomic E-state index is 0.0120. The van der Waals surface area contributed by atoms with Crippen LogP contribution in [0.2, 0.25) is 0 Å². The normalized spacial score (nSPS) is 13.4. The van der Waals surface area contributed by atoms with Crippen molar-refractivity contribution in [3.63, 3.8) is 0 Å². The maximum atomic E-state index is 13.1. The SMILES string of the molecule is O=C(c1ccccc1O)N1CCc2c(n(Cc3ccc(O)cc3)c3ccccc23)C1. The molecular formula is C25H22N2O3. The molecule has 1 aliphatic heterocycles. The molecule has 2 heterocycles. The van der Waals surface area contributed by atoms with Crippen LogP contribution in [0.3, 0.4) is 0 Å². The first-order valence-corrected chi connectivity index (χ1v) is 10.1. The number of carbonyl (C=O) groups is 1. The summed E-state index contributed by atoms with van der Waals surface area (Å²) in [4.78, 5) is 14.9. The van der Waals surface area contributed by atoms with E-state index in [0.717, 1.165) is 23.2 Å². The number of benzene rings is 3. The number of phenolic OH excluding ortho intramolecular Hbond substituents is 2. The summed E-state index contributed by atoms with van der Waals surface area (Å²) in [5, 5.41) is 20.9. The largest absolute Gasteiger partial charge is 0.508 e. The van der Waals surface area contributed by atoms with Gasteiger partial charge in [0.05, 0.1) is 12.1 Å². The highest BCUT2D eigenvalue weighted by atomic mass is 16.3. The summed E-state index contributed by atoms with van der Waals surface area (Å²) in [6, 6.07) is 22.3. The number of amides is 1. The summed E-state index contributed by atoms with van der Waals surface area (Å²) < 4.78 is 2.27.